The van der Waals surface area contributed by atoms with Crippen molar-refractivity contribution in [1.29, 1.82) is 0 Å². The van der Waals surface area contributed by atoms with Crippen molar-refractivity contribution in [3.63, 3.8) is 0 Å². The molecule has 0 amide bonds. The van der Waals surface area contributed by atoms with Gasteiger partial charge in [0, 0.05) is 0 Å². The Morgan fingerprint density at radius 1 is 0.826 bits per heavy atom. The van der Waals surface area contributed by atoms with Gasteiger partial charge in [-0.1, -0.05) is 0 Å². The third kappa shape index (κ3) is 2.83. The van der Waals surface area contributed by atoms with Gasteiger partial charge < -0.3 is 0 Å². The van der Waals surface area contributed by atoms with Crippen LogP contribution in [0.15, 0.2) is 28.2 Å². The van der Waals surface area contributed by atoms with Crippen molar-refractivity contribution >= 4 is 49.9 Å². The van der Waals surface area contributed by atoms with Crippen LogP contribution in [-0.4, -0.2) is 15.8 Å². The van der Waals surface area contributed by atoms with Gasteiger partial charge in [0.05, 0.1) is 0 Å². The topological polar surface area (TPSA) is 38.4 Å². The molecule has 0 saturated carbocycles. The minimum atomic E-state index is 0.759. The van der Waals surface area contributed by atoms with Crippen LogP contribution in [0.25, 0.3) is 20.9 Å². The molecule has 0 spiro atoms. The van der Waals surface area contributed by atoms with E-state index in [1.807, 2.05) is 0 Å². The number of nitrogens with zero attached hydrogens (tertiary/aromatic N) is 1. The number of nitrogens with two attached hydrogens (primary N) is 1. The molecular formula is C18H18N2S2Se. The van der Waals surface area contributed by atoms with E-state index in [2.05, 4.69) is 71.7 Å². The number of hydrogen-bond acceptors (Lipinski definition) is 4. The first-order valence-electron chi connectivity index (χ1n) is 7.33. The van der Waals surface area contributed by atoms with Crippen molar-refractivity contribution in [2.24, 2.45) is 3.96 Å². The van der Waals surface area contributed by atoms with E-state index >= 15 is 0 Å². The van der Waals surface area contributed by atoms with Gasteiger partial charge in [-0.05, 0) is 0 Å². The third-order valence-corrected chi connectivity index (χ3v) is 6.56. The van der Waals surface area contributed by atoms with Crippen LogP contribution < -0.4 is 5.73 Å². The van der Waals surface area contributed by atoms with Gasteiger partial charge in [-0.2, -0.15) is 0 Å². The van der Waals surface area contributed by atoms with E-state index < -0.39 is 0 Å². The molecule has 3 rings (SSSR count). The summed E-state index contributed by atoms with van der Waals surface area (Å²) < 4.78 is 4.41. The molecule has 2 N–H and O–H groups in total. The van der Waals surface area contributed by atoms with E-state index in [0.29, 0.717) is 0 Å². The molecule has 0 radical (unpaired) electrons. The summed E-state index contributed by atoms with van der Waals surface area (Å²) in [5.74, 6) is 0. The summed E-state index contributed by atoms with van der Waals surface area (Å²) in [6.07, 6.45) is 0. The van der Waals surface area contributed by atoms with Crippen molar-refractivity contribution in [2.75, 3.05) is 5.73 Å². The van der Waals surface area contributed by atoms with Gasteiger partial charge in [0.1, 0.15) is 0 Å². The Hall–Kier alpha value is -1.26. The summed E-state index contributed by atoms with van der Waals surface area (Å²) in [5.41, 5.74) is 12.9. The number of nitrogen functional groups attached to an aromatic ring is 1. The van der Waals surface area contributed by atoms with Gasteiger partial charge in [0.2, 0.25) is 0 Å². The molecule has 0 aliphatic heterocycles. The number of anilines is 1. The molecule has 0 aliphatic rings. The predicted molar refractivity (Wildman–Crippen MR) is 104 cm³/mol. The van der Waals surface area contributed by atoms with Crippen LogP contribution in [0.3, 0.4) is 0 Å². The second kappa shape index (κ2) is 6.33. The average Bonchev–Trinajstić information content (AvgIpc) is 3.11. The van der Waals surface area contributed by atoms with E-state index in [1.165, 1.54) is 30.6 Å². The Balaban J connectivity index is 2.35. The van der Waals surface area contributed by atoms with Gasteiger partial charge in [-0.15, -0.1) is 0 Å². The molecule has 3 aromatic rings. The molecule has 0 unspecified atom stereocenters. The molecule has 0 saturated heterocycles. The summed E-state index contributed by atoms with van der Waals surface area (Å²) in [4.78, 5) is 5.01. The Morgan fingerprint density at radius 2 is 1.30 bits per heavy atom. The summed E-state index contributed by atoms with van der Waals surface area (Å²) in [6.45, 7) is 8.56. The van der Waals surface area contributed by atoms with Crippen molar-refractivity contribution in [1.82, 2.24) is 0 Å². The fourth-order valence-corrected chi connectivity index (χ4v) is 5.21. The van der Waals surface area contributed by atoms with E-state index in [1.54, 1.807) is 22.7 Å². The van der Waals surface area contributed by atoms with E-state index in [4.69, 9.17) is 5.73 Å². The summed E-state index contributed by atoms with van der Waals surface area (Å²) in [7, 11) is 0. The van der Waals surface area contributed by atoms with Gasteiger partial charge in [0.25, 0.3) is 0 Å². The van der Waals surface area contributed by atoms with E-state index in [0.717, 1.165) is 22.5 Å². The Labute approximate surface area is 153 Å². The molecule has 23 heavy (non-hydrogen) atoms. The first-order chi connectivity index (χ1) is 10.9. The minimum absolute atomic E-state index is 0.759. The predicted octanol–water partition coefficient (Wildman–Crippen LogP) is 5.94. The SMILES string of the molecule is Cc1ccc(-c2c(C)c(C)c(-c3ccc(C)s3)c(N=[Se])c2N)s1. The Kier molecular flexibility index (Phi) is 4.56. The fourth-order valence-electron chi connectivity index (χ4n) is 2.86. The zero-order valence-corrected chi connectivity index (χ0v) is 16.9. The summed E-state index contributed by atoms with van der Waals surface area (Å²) >= 11 is 6.35. The fraction of sp³-hybridized carbons (Fsp3) is 0.222. The first kappa shape index (κ1) is 16.6. The molecule has 0 aliphatic carbocycles. The molecule has 118 valence electrons. The van der Waals surface area contributed by atoms with Crippen LogP contribution in [-0.2, 0) is 0 Å². The van der Waals surface area contributed by atoms with Crippen LogP contribution in [0.1, 0.15) is 20.9 Å². The first-order valence-corrected chi connectivity index (χ1v) is 9.73. The van der Waals surface area contributed by atoms with Crippen molar-refractivity contribution in [2.45, 2.75) is 27.7 Å². The van der Waals surface area contributed by atoms with Crippen molar-refractivity contribution in [3.8, 4) is 20.9 Å². The molecule has 0 atom stereocenters. The van der Waals surface area contributed by atoms with Gasteiger partial charge in [0.15, 0.2) is 0 Å². The summed E-state index contributed by atoms with van der Waals surface area (Å²) in [5, 5.41) is 0. The van der Waals surface area contributed by atoms with Gasteiger partial charge >= 0.3 is 153 Å². The van der Waals surface area contributed by atoms with E-state index in [9.17, 15) is 0 Å². The number of aryl methyl sites for hydroxylation is 2. The number of thiophene rings is 2. The Bertz CT molecular complexity index is 906. The molecule has 0 bridgehead atoms. The van der Waals surface area contributed by atoms with Crippen molar-refractivity contribution in [3.05, 3.63) is 45.1 Å². The molecule has 5 heteroatoms. The quantitative estimate of drug-likeness (QED) is 0.425. The van der Waals surface area contributed by atoms with Gasteiger partial charge in [-0.3, -0.25) is 0 Å². The van der Waals surface area contributed by atoms with Gasteiger partial charge in [-0.25, -0.2) is 0 Å². The van der Waals surface area contributed by atoms with Crippen LogP contribution in [0.4, 0.5) is 11.4 Å². The zero-order chi connectivity index (χ0) is 16.7. The zero-order valence-electron chi connectivity index (χ0n) is 13.6. The van der Waals surface area contributed by atoms with Crippen molar-refractivity contribution < 1.29 is 0 Å². The second-order valence-corrected chi connectivity index (χ2v) is 8.63. The Morgan fingerprint density at radius 3 is 1.74 bits per heavy atom. The standard InChI is InChI=1S/C18H18N2S2Se/c1-9-5-7-13(21-9)15-11(3)12(4)16(18(20-23)17(15)19)14-8-6-10(2)22-14/h5-8H,19H2,1-4H3. The number of rotatable bonds is 3. The van der Waals surface area contributed by atoms with E-state index in [-0.39, 0.29) is 0 Å². The molecule has 2 heterocycles. The van der Waals surface area contributed by atoms with Crippen LogP contribution in [0.2, 0.25) is 0 Å². The van der Waals surface area contributed by atoms with Crippen LogP contribution >= 0.6 is 22.7 Å². The molecule has 2 nitrogen and oxygen atoms in total. The molecule has 1 aromatic carbocycles. The molecular weight excluding hydrogens is 387 g/mol. The summed E-state index contributed by atoms with van der Waals surface area (Å²) in [6, 6.07) is 8.59. The second-order valence-electron chi connectivity index (χ2n) is 5.67. The molecule has 2 aromatic heterocycles. The average molecular weight is 405 g/mol. The number of hydrogen-bond donors (Lipinski definition) is 1. The normalized spacial score (nSPS) is 11.0. The maximum atomic E-state index is 6.55. The van der Waals surface area contributed by atoms with Crippen LogP contribution in [0, 0.1) is 27.7 Å². The monoisotopic (exact) mass is 406 g/mol. The van der Waals surface area contributed by atoms with Crippen LogP contribution in [0.5, 0.6) is 0 Å². The molecule has 0 fully saturated rings. The number of benzene rings is 1. The third-order valence-electron chi connectivity index (χ3n) is 4.14. The maximum absolute atomic E-state index is 6.55.